The zero-order valence-electron chi connectivity index (χ0n) is 12.5. The molecule has 22 heavy (non-hydrogen) atoms. The Kier molecular flexibility index (Phi) is 4.24. The third-order valence-electron chi connectivity index (χ3n) is 3.50. The lowest BCUT2D eigenvalue weighted by atomic mass is 10.2. The van der Waals surface area contributed by atoms with Crippen LogP contribution in [0.1, 0.15) is 5.56 Å². The Morgan fingerprint density at radius 1 is 1.14 bits per heavy atom. The van der Waals surface area contributed by atoms with Crippen LogP contribution in [-0.2, 0) is 6.54 Å². The molecule has 0 fully saturated rings. The van der Waals surface area contributed by atoms with E-state index < -0.39 is 0 Å². The van der Waals surface area contributed by atoms with Gasteiger partial charge in [0.2, 0.25) is 0 Å². The lowest BCUT2D eigenvalue weighted by Crippen LogP contribution is -2.17. The van der Waals surface area contributed by atoms with Gasteiger partial charge in [-0.2, -0.15) is 0 Å². The Bertz CT molecular complexity index is 790. The van der Waals surface area contributed by atoms with E-state index in [0.717, 1.165) is 33.6 Å². The van der Waals surface area contributed by atoms with Crippen LogP contribution in [0.15, 0.2) is 53.3 Å². The normalized spacial score (nSPS) is 10.7. The van der Waals surface area contributed by atoms with Crippen molar-refractivity contribution in [3.63, 3.8) is 0 Å². The van der Waals surface area contributed by atoms with E-state index in [1.165, 1.54) is 5.56 Å². The van der Waals surface area contributed by atoms with E-state index in [9.17, 15) is 0 Å². The minimum atomic E-state index is 0.774. The largest absolute Gasteiger partial charge is 0.497 e. The van der Waals surface area contributed by atoms with E-state index in [1.807, 2.05) is 43.6 Å². The number of ether oxygens (including phenoxy) is 1. The lowest BCUT2D eigenvalue weighted by molar-refractivity contribution is 0.414. The topological polar surface area (TPSA) is 38.2 Å². The maximum atomic E-state index is 5.18. The van der Waals surface area contributed by atoms with Crippen LogP contribution in [0.3, 0.4) is 0 Å². The van der Waals surface area contributed by atoms with Crippen molar-refractivity contribution in [2.45, 2.75) is 6.54 Å². The molecule has 0 bridgehead atoms. The van der Waals surface area contributed by atoms with Gasteiger partial charge in [0.1, 0.15) is 16.2 Å². The quantitative estimate of drug-likeness (QED) is 0.660. The fraction of sp³-hybridized carbons (Fsp3) is 0.176. The van der Waals surface area contributed by atoms with Crippen LogP contribution in [0.5, 0.6) is 5.75 Å². The van der Waals surface area contributed by atoms with E-state index in [2.05, 4.69) is 42.9 Å². The average Bonchev–Trinajstić information content (AvgIpc) is 2.54. The van der Waals surface area contributed by atoms with Crippen molar-refractivity contribution in [1.29, 1.82) is 0 Å². The number of nitrogens with zero attached hydrogens (tertiary/aromatic N) is 3. The zero-order valence-corrected chi connectivity index (χ0v) is 14.0. The fourth-order valence-corrected chi connectivity index (χ4v) is 2.60. The first-order chi connectivity index (χ1) is 10.7. The van der Waals surface area contributed by atoms with Gasteiger partial charge in [-0.05, 0) is 45.8 Å². The summed E-state index contributed by atoms with van der Waals surface area (Å²) in [5.41, 5.74) is 2.13. The van der Waals surface area contributed by atoms with E-state index in [4.69, 9.17) is 4.74 Å². The first kappa shape index (κ1) is 14.8. The van der Waals surface area contributed by atoms with Crippen LogP contribution in [0, 0.1) is 0 Å². The minimum absolute atomic E-state index is 0.774. The van der Waals surface area contributed by atoms with Crippen LogP contribution < -0.4 is 9.64 Å². The van der Waals surface area contributed by atoms with Crippen molar-refractivity contribution in [3.05, 3.63) is 58.8 Å². The molecule has 0 spiro atoms. The molecule has 0 atom stereocenters. The molecule has 0 saturated heterocycles. The Morgan fingerprint density at radius 3 is 2.64 bits per heavy atom. The van der Waals surface area contributed by atoms with E-state index in [-0.39, 0.29) is 0 Å². The molecule has 2 aromatic heterocycles. The number of methoxy groups -OCH3 is 1. The third kappa shape index (κ3) is 3.20. The Labute approximate surface area is 137 Å². The maximum absolute atomic E-state index is 5.18. The molecule has 0 unspecified atom stereocenters. The highest BCUT2D eigenvalue weighted by Crippen LogP contribution is 2.21. The van der Waals surface area contributed by atoms with Gasteiger partial charge in [0.25, 0.3) is 0 Å². The van der Waals surface area contributed by atoms with Gasteiger partial charge in [-0.15, -0.1) is 0 Å². The second-order valence-corrected chi connectivity index (χ2v) is 5.89. The average molecular weight is 358 g/mol. The van der Waals surface area contributed by atoms with Gasteiger partial charge in [0.15, 0.2) is 0 Å². The molecular weight excluding hydrogens is 342 g/mol. The molecule has 1 aromatic carbocycles. The highest BCUT2D eigenvalue weighted by Gasteiger charge is 2.06. The lowest BCUT2D eigenvalue weighted by Gasteiger charge is -2.18. The van der Waals surface area contributed by atoms with Crippen LogP contribution in [0.2, 0.25) is 0 Å². The Hall–Kier alpha value is -2.14. The summed E-state index contributed by atoms with van der Waals surface area (Å²) < 4.78 is 6.01. The van der Waals surface area contributed by atoms with Gasteiger partial charge in [0, 0.05) is 31.2 Å². The molecule has 0 radical (unpaired) electrons. The molecule has 0 amide bonds. The van der Waals surface area contributed by atoms with Crippen molar-refractivity contribution in [2.24, 2.45) is 0 Å². The Balaban J connectivity index is 1.82. The number of pyridine rings is 2. The molecule has 2 heterocycles. The second kappa shape index (κ2) is 6.32. The second-order valence-electron chi connectivity index (χ2n) is 5.07. The molecule has 3 aromatic rings. The monoisotopic (exact) mass is 357 g/mol. The van der Waals surface area contributed by atoms with Crippen molar-refractivity contribution in [3.8, 4) is 5.75 Å². The fourth-order valence-electron chi connectivity index (χ4n) is 2.28. The third-order valence-corrected chi connectivity index (χ3v) is 3.94. The first-order valence-corrected chi connectivity index (χ1v) is 7.71. The van der Waals surface area contributed by atoms with E-state index in [1.54, 1.807) is 7.11 Å². The van der Waals surface area contributed by atoms with Gasteiger partial charge < -0.3 is 9.64 Å². The molecule has 5 heteroatoms. The molecule has 0 aliphatic carbocycles. The van der Waals surface area contributed by atoms with Gasteiger partial charge in [-0.25, -0.2) is 9.97 Å². The summed E-state index contributed by atoms with van der Waals surface area (Å²) in [4.78, 5) is 11.1. The van der Waals surface area contributed by atoms with Gasteiger partial charge in [-0.1, -0.05) is 12.1 Å². The van der Waals surface area contributed by atoms with Crippen LogP contribution >= 0.6 is 15.9 Å². The van der Waals surface area contributed by atoms with Crippen LogP contribution in [0.4, 0.5) is 5.82 Å². The van der Waals surface area contributed by atoms with Crippen LogP contribution in [0.25, 0.3) is 10.9 Å². The smallest absolute Gasteiger partial charge is 0.130 e. The van der Waals surface area contributed by atoms with Crippen molar-refractivity contribution in [1.82, 2.24) is 9.97 Å². The van der Waals surface area contributed by atoms with Gasteiger partial charge >= 0.3 is 0 Å². The van der Waals surface area contributed by atoms with E-state index >= 15 is 0 Å². The summed E-state index contributed by atoms with van der Waals surface area (Å²) in [6.45, 7) is 0.774. The summed E-state index contributed by atoms with van der Waals surface area (Å²) in [5.74, 6) is 1.76. The standard InChI is InChI=1S/C17H16BrN3O/c1-21(11-12-3-6-14(22-2)7-4-12)17-9-15-13(10-19-17)5-8-16(18)20-15/h3-10H,11H2,1-2H3. The zero-order chi connectivity index (χ0) is 15.5. The summed E-state index contributed by atoms with van der Waals surface area (Å²) in [6, 6.07) is 14.0. The highest BCUT2D eigenvalue weighted by molar-refractivity contribution is 9.10. The molecule has 0 saturated carbocycles. The number of aromatic nitrogens is 2. The molecule has 0 N–H and O–H groups in total. The molecule has 4 nitrogen and oxygen atoms in total. The predicted molar refractivity (Wildman–Crippen MR) is 92.3 cm³/mol. The first-order valence-electron chi connectivity index (χ1n) is 6.92. The molecular formula is C17H16BrN3O. The summed E-state index contributed by atoms with van der Waals surface area (Å²) in [7, 11) is 3.70. The molecule has 3 rings (SSSR count). The van der Waals surface area contributed by atoms with Crippen molar-refractivity contribution < 1.29 is 4.74 Å². The number of benzene rings is 1. The van der Waals surface area contributed by atoms with Crippen molar-refractivity contribution >= 4 is 32.7 Å². The minimum Gasteiger partial charge on any atom is -0.497 e. The Morgan fingerprint density at radius 2 is 1.91 bits per heavy atom. The highest BCUT2D eigenvalue weighted by atomic mass is 79.9. The van der Waals surface area contributed by atoms with Crippen LogP contribution in [-0.4, -0.2) is 24.1 Å². The number of hydrogen-bond donors (Lipinski definition) is 0. The molecule has 0 aliphatic rings. The van der Waals surface area contributed by atoms with Gasteiger partial charge in [-0.3, -0.25) is 0 Å². The number of fused-ring (bicyclic) bond motifs is 1. The van der Waals surface area contributed by atoms with Crippen molar-refractivity contribution in [2.75, 3.05) is 19.1 Å². The maximum Gasteiger partial charge on any atom is 0.130 e. The summed E-state index contributed by atoms with van der Waals surface area (Å²) >= 11 is 3.40. The summed E-state index contributed by atoms with van der Waals surface area (Å²) in [6.07, 6.45) is 1.86. The van der Waals surface area contributed by atoms with Gasteiger partial charge in [0.05, 0.1) is 12.6 Å². The molecule has 0 aliphatic heterocycles. The SMILES string of the molecule is COc1ccc(CN(C)c2cc3nc(Br)ccc3cn2)cc1. The number of anilines is 1. The number of rotatable bonds is 4. The summed E-state index contributed by atoms with van der Waals surface area (Å²) in [5, 5.41) is 1.03. The van der Waals surface area contributed by atoms with E-state index in [0.29, 0.717) is 0 Å². The number of halogens is 1. The number of hydrogen-bond acceptors (Lipinski definition) is 4. The molecule has 112 valence electrons. The predicted octanol–water partition coefficient (Wildman–Crippen LogP) is 4.04.